The Morgan fingerprint density at radius 1 is 1.27 bits per heavy atom. The fourth-order valence-electron chi connectivity index (χ4n) is 3.42. The van der Waals surface area contributed by atoms with E-state index >= 15 is 0 Å². The first-order chi connectivity index (χ1) is 14.1. The van der Waals surface area contributed by atoms with Gasteiger partial charge in [-0.2, -0.15) is 0 Å². The first-order valence-corrected chi connectivity index (χ1v) is 10.1. The molecule has 0 N–H and O–H groups in total. The maximum atomic E-state index is 12.8. The average molecular weight is 412 g/mol. The highest BCUT2D eigenvalue weighted by molar-refractivity contribution is 5.92. The summed E-state index contributed by atoms with van der Waals surface area (Å²) in [6, 6.07) is 7.59. The van der Waals surface area contributed by atoms with E-state index in [1.165, 1.54) is 11.7 Å². The lowest BCUT2D eigenvalue weighted by Gasteiger charge is -2.19. The van der Waals surface area contributed by atoms with E-state index in [1.807, 2.05) is 58.9 Å². The van der Waals surface area contributed by atoms with E-state index in [9.17, 15) is 10.0 Å². The minimum atomic E-state index is -0.603. The molecule has 0 saturated carbocycles. The predicted molar refractivity (Wildman–Crippen MR) is 115 cm³/mol. The van der Waals surface area contributed by atoms with Crippen LogP contribution >= 0.6 is 0 Å². The molecule has 2 aromatic heterocycles. The molecule has 0 radical (unpaired) electrons. The lowest BCUT2D eigenvalue weighted by Crippen LogP contribution is -2.36. The Balaban J connectivity index is 2.03. The van der Waals surface area contributed by atoms with Crippen molar-refractivity contribution in [2.45, 2.75) is 53.1 Å². The highest BCUT2D eigenvalue weighted by Gasteiger charge is 2.24. The highest BCUT2D eigenvalue weighted by atomic mass is 16.6. The summed E-state index contributed by atoms with van der Waals surface area (Å²) in [4.78, 5) is 17.2. The molecule has 0 fully saturated rings. The predicted octanol–water partition coefficient (Wildman–Crippen LogP) is 4.25. The molecule has 3 rings (SSSR count). The fourth-order valence-corrected chi connectivity index (χ4v) is 3.42. The number of nitrogens with zero attached hydrogens (tertiary/aromatic N) is 3. The minimum absolute atomic E-state index is 0.183. The number of fused-ring (bicyclic) bond motifs is 1. The maximum absolute atomic E-state index is 12.8. The third kappa shape index (κ3) is 4.56. The van der Waals surface area contributed by atoms with Crippen molar-refractivity contribution in [3.8, 4) is 5.88 Å². The highest BCUT2D eigenvalue weighted by Crippen LogP contribution is 2.26. The minimum Gasteiger partial charge on any atom is -0.616 e. The number of carbonyl (C=O) groups excluding carboxylic acids is 1. The summed E-state index contributed by atoms with van der Waals surface area (Å²) in [6.45, 7) is 9.59. The molecule has 1 aromatic carbocycles. The molecule has 0 atom stereocenters. The molecule has 0 unspecified atom stereocenters. The van der Waals surface area contributed by atoms with Crippen LogP contribution in [0.3, 0.4) is 0 Å². The van der Waals surface area contributed by atoms with Gasteiger partial charge in [-0.3, -0.25) is 4.57 Å². The van der Waals surface area contributed by atoms with Gasteiger partial charge in [-0.15, -0.1) is 4.73 Å². The molecule has 0 saturated heterocycles. The topological polar surface area (TPSA) is 80.3 Å². The lowest BCUT2D eigenvalue weighted by atomic mass is 10.1. The second-order valence-electron chi connectivity index (χ2n) is 8.80. The summed E-state index contributed by atoms with van der Waals surface area (Å²) >= 11 is 0. The van der Waals surface area contributed by atoms with E-state index in [-0.39, 0.29) is 5.88 Å². The second-order valence-corrected chi connectivity index (χ2v) is 8.80. The van der Waals surface area contributed by atoms with Gasteiger partial charge < -0.3 is 14.7 Å². The Morgan fingerprint density at radius 2 is 1.97 bits per heavy atom. The Bertz CT molecular complexity index is 1060. The van der Waals surface area contributed by atoms with Crippen LogP contribution in [0.15, 0.2) is 36.7 Å². The van der Waals surface area contributed by atoms with Gasteiger partial charge in [0.25, 0.3) is 0 Å². The molecular formula is C23H29N3O4. The summed E-state index contributed by atoms with van der Waals surface area (Å²) in [7, 11) is 1.47. The van der Waals surface area contributed by atoms with E-state index in [0.717, 1.165) is 21.2 Å². The molecule has 0 aliphatic rings. The zero-order valence-electron chi connectivity index (χ0n) is 18.4. The number of rotatable bonds is 5. The van der Waals surface area contributed by atoms with Crippen molar-refractivity contribution >= 4 is 17.0 Å². The number of hydrogen-bond acceptors (Lipinski definition) is 5. The van der Waals surface area contributed by atoms with Crippen molar-refractivity contribution in [2.75, 3.05) is 7.11 Å². The monoisotopic (exact) mass is 411 g/mol. The number of hydrogen-bond donors (Lipinski definition) is 0. The van der Waals surface area contributed by atoms with Gasteiger partial charge >= 0.3 is 12.0 Å². The summed E-state index contributed by atoms with van der Waals surface area (Å²) in [6.07, 6.45) is 3.88. The summed E-state index contributed by atoms with van der Waals surface area (Å²) in [5.41, 5.74) is 2.09. The van der Waals surface area contributed by atoms with Crippen molar-refractivity contribution in [1.82, 2.24) is 9.55 Å². The molecule has 0 amide bonds. The van der Waals surface area contributed by atoms with Crippen molar-refractivity contribution in [3.63, 3.8) is 0 Å². The Labute approximate surface area is 176 Å². The van der Waals surface area contributed by atoms with E-state index in [1.54, 1.807) is 12.4 Å². The van der Waals surface area contributed by atoms with Crippen molar-refractivity contribution in [3.05, 3.63) is 58.8 Å². The van der Waals surface area contributed by atoms with Crippen LogP contribution in [0.4, 0.5) is 4.79 Å². The summed E-state index contributed by atoms with van der Waals surface area (Å²) < 4.78 is 13.2. The summed E-state index contributed by atoms with van der Waals surface area (Å²) in [5, 5.41) is 13.7. The third-order valence-corrected chi connectivity index (χ3v) is 4.61. The molecule has 0 spiro atoms. The first-order valence-electron chi connectivity index (χ1n) is 10.1. The van der Waals surface area contributed by atoms with Gasteiger partial charge in [-0.25, -0.2) is 9.78 Å². The van der Waals surface area contributed by atoms with Crippen LogP contribution in [-0.4, -0.2) is 28.4 Å². The van der Waals surface area contributed by atoms with Gasteiger partial charge in [-0.1, -0.05) is 32.0 Å². The zero-order valence-corrected chi connectivity index (χ0v) is 18.4. The largest absolute Gasteiger partial charge is 0.616 e. The number of aromatic nitrogens is 3. The lowest BCUT2D eigenvalue weighted by molar-refractivity contribution is -0.622. The van der Waals surface area contributed by atoms with Gasteiger partial charge in [0.1, 0.15) is 5.60 Å². The molecule has 7 nitrogen and oxygen atoms in total. The molecule has 0 aliphatic heterocycles. The number of methoxy groups -OCH3 is 1. The maximum Gasteiger partial charge on any atom is 0.419 e. The van der Waals surface area contributed by atoms with E-state index in [2.05, 4.69) is 4.98 Å². The molecule has 2 heterocycles. The van der Waals surface area contributed by atoms with E-state index < -0.39 is 11.7 Å². The molecule has 160 valence electrons. The van der Waals surface area contributed by atoms with Gasteiger partial charge in [-0.05, 0) is 38.3 Å². The van der Waals surface area contributed by atoms with Crippen molar-refractivity contribution in [2.24, 2.45) is 5.92 Å². The van der Waals surface area contributed by atoms with Crippen LogP contribution < -0.4 is 9.47 Å². The van der Waals surface area contributed by atoms with Crippen molar-refractivity contribution in [1.29, 1.82) is 0 Å². The normalized spacial score (nSPS) is 11.8. The Morgan fingerprint density at radius 3 is 2.60 bits per heavy atom. The Kier molecular flexibility index (Phi) is 6.01. The van der Waals surface area contributed by atoms with Crippen LogP contribution in [0, 0.1) is 11.1 Å². The molecule has 0 aliphatic carbocycles. The summed E-state index contributed by atoms with van der Waals surface area (Å²) in [5.74, 6) is 0.511. The Hall–Kier alpha value is -3.09. The number of ether oxygens (including phenoxy) is 2. The first kappa shape index (κ1) is 21.6. The van der Waals surface area contributed by atoms with Crippen LogP contribution in [0.2, 0.25) is 0 Å². The van der Waals surface area contributed by atoms with E-state index in [0.29, 0.717) is 30.1 Å². The molecule has 7 heteroatoms. The van der Waals surface area contributed by atoms with Gasteiger partial charge in [0, 0.05) is 24.4 Å². The number of carbonyl (C=O) groups is 1. The van der Waals surface area contributed by atoms with Crippen molar-refractivity contribution < 1.29 is 19.0 Å². The second kappa shape index (κ2) is 8.34. The van der Waals surface area contributed by atoms with Gasteiger partial charge in [0.05, 0.1) is 18.8 Å². The third-order valence-electron chi connectivity index (χ3n) is 4.61. The fraction of sp³-hybridized carbons (Fsp3) is 0.435. The van der Waals surface area contributed by atoms with E-state index in [4.69, 9.17) is 9.47 Å². The van der Waals surface area contributed by atoms with Gasteiger partial charge in [0.15, 0.2) is 5.69 Å². The SMILES string of the molecule is COc1c(Cc2cn(C(=O)OC(C)(C)C)c3ccccc23)ncc(CC(C)C)[n+]1[O-]. The zero-order chi connectivity index (χ0) is 22.1. The smallest absolute Gasteiger partial charge is 0.419 e. The van der Waals surface area contributed by atoms with Crippen LogP contribution in [-0.2, 0) is 17.6 Å². The number of para-hydroxylation sites is 1. The molecule has 3 aromatic rings. The van der Waals surface area contributed by atoms with Crippen LogP contribution in [0.5, 0.6) is 5.88 Å². The molecular weight excluding hydrogens is 382 g/mol. The number of benzene rings is 1. The quantitative estimate of drug-likeness (QED) is 0.463. The average Bonchev–Trinajstić information content (AvgIpc) is 3.01. The van der Waals surface area contributed by atoms with Crippen LogP contribution in [0.25, 0.3) is 10.9 Å². The molecule has 30 heavy (non-hydrogen) atoms. The standard InChI is InChI=1S/C23H29N3O4/c1-15(2)11-17-13-24-19(21(29-6)26(17)28)12-16-14-25(22(27)30-23(3,4)5)20-10-8-7-9-18(16)20/h7-10,13-15H,11-12H2,1-6H3. The molecule has 0 bridgehead atoms. The van der Waals surface area contributed by atoms with Gasteiger partial charge in [0.2, 0.25) is 5.69 Å². The van der Waals surface area contributed by atoms with Crippen LogP contribution in [0.1, 0.15) is 51.6 Å².